The fourth-order valence-electron chi connectivity index (χ4n) is 5.99. The normalized spacial score (nSPS) is 23.1. The second kappa shape index (κ2) is 9.89. The van der Waals surface area contributed by atoms with Crippen molar-refractivity contribution in [3.63, 3.8) is 0 Å². The van der Waals surface area contributed by atoms with Crippen LogP contribution in [0, 0.1) is 0 Å². The van der Waals surface area contributed by atoms with E-state index in [0.717, 1.165) is 16.7 Å². The molecule has 2 amide bonds. The molecule has 3 aliphatic heterocycles. The van der Waals surface area contributed by atoms with Crippen molar-refractivity contribution >= 4 is 17.9 Å². The predicted molar refractivity (Wildman–Crippen MR) is 143 cm³/mol. The minimum Gasteiger partial charge on any atom is -0.493 e. The van der Waals surface area contributed by atoms with E-state index in [1.54, 1.807) is 14.0 Å². The molecule has 0 spiro atoms. The van der Waals surface area contributed by atoms with Crippen LogP contribution in [0.1, 0.15) is 29.5 Å². The Morgan fingerprint density at radius 3 is 2.47 bits per heavy atom. The average molecular weight is 511 g/mol. The lowest BCUT2D eigenvalue weighted by molar-refractivity contribution is -0.140. The Morgan fingerprint density at radius 1 is 1.03 bits per heavy atom. The summed E-state index contributed by atoms with van der Waals surface area (Å²) in [6.07, 6.45) is 2.67. The standard InChI is InChI=1S/C31H30N2O5/c1-20(34)32-18-26-29(23-15-27(36-2)30-28(16-23)37-19-38-30)25(14-22-11-7-4-8-12-22)31(35)33(26)17-24(32)13-21-9-5-3-6-10-21/h3-12,14-16,24,26,29H,13,17-19H2,1-2H3. The molecular formula is C31H30N2O5. The van der Waals surface area contributed by atoms with E-state index < -0.39 is 0 Å². The van der Waals surface area contributed by atoms with Gasteiger partial charge in [0.25, 0.3) is 5.91 Å². The molecule has 3 unspecified atom stereocenters. The van der Waals surface area contributed by atoms with Crippen molar-refractivity contribution in [1.29, 1.82) is 0 Å². The molecule has 0 N–H and O–H groups in total. The first-order valence-corrected chi connectivity index (χ1v) is 12.9. The monoisotopic (exact) mass is 510 g/mol. The fraction of sp³-hybridized carbons (Fsp3) is 0.290. The molecule has 3 aromatic rings. The minimum atomic E-state index is -0.273. The summed E-state index contributed by atoms with van der Waals surface area (Å²) >= 11 is 0. The zero-order valence-corrected chi connectivity index (χ0v) is 21.5. The lowest BCUT2D eigenvalue weighted by Gasteiger charge is -2.44. The van der Waals surface area contributed by atoms with Gasteiger partial charge in [-0.15, -0.1) is 0 Å². The molecule has 38 heavy (non-hydrogen) atoms. The van der Waals surface area contributed by atoms with Crippen LogP contribution in [0.5, 0.6) is 17.2 Å². The Hall–Kier alpha value is -4.26. The first-order chi connectivity index (χ1) is 18.5. The molecule has 6 rings (SSSR count). The molecule has 3 heterocycles. The maximum absolute atomic E-state index is 14.1. The quantitative estimate of drug-likeness (QED) is 0.480. The highest BCUT2D eigenvalue weighted by Gasteiger charge is 2.50. The van der Waals surface area contributed by atoms with Gasteiger partial charge in [0.1, 0.15) is 0 Å². The Kier molecular flexibility index (Phi) is 6.27. The van der Waals surface area contributed by atoms with Gasteiger partial charge in [0.15, 0.2) is 11.5 Å². The molecule has 0 saturated carbocycles. The van der Waals surface area contributed by atoms with Gasteiger partial charge in [0, 0.05) is 31.5 Å². The van der Waals surface area contributed by atoms with Crippen LogP contribution in [0.4, 0.5) is 0 Å². The molecule has 3 atom stereocenters. The van der Waals surface area contributed by atoms with Crippen LogP contribution in [0.3, 0.4) is 0 Å². The number of benzene rings is 3. The highest BCUT2D eigenvalue weighted by Crippen LogP contribution is 2.48. The summed E-state index contributed by atoms with van der Waals surface area (Å²) in [6, 6.07) is 23.6. The third kappa shape index (κ3) is 4.28. The van der Waals surface area contributed by atoms with Gasteiger partial charge in [-0.1, -0.05) is 60.7 Å². The van der Waals surface area contributed by atoms with Gasteiger partial charge in [-0.2, -0.15) is 0 Å². The van der Waals surface area contributed by atoms with Gasteiger partial charge in [0.05, 0.1) is 19.2 Å². The van der Waals surface area contributed by atoms with Crippen LogP contribution in [0.25, 0.3) is 6.08 Å². The molecular weight excluding hydrogens is 480 g/mol. The number of carbonyl (C=O) groups excluding carboxylic acids is 2. The topological polar surface area (TPSA) is 68.3 Å². The van der Waals surface area contributed by atoms with Crippen molar-refractivity contribution in [2.24, 2.45) is 0 Å². The van der Waals surface area contributed by atoms with Crippen LogP contribution in [-0.2, 0) is 16.0 Å². The van der Waals surface area contributed by atoms with E-state index in [1.165, 1.54) is 0 Å². The van der Waals surface area contributed by atoms with Crippen molar-refractivity contribution in [2.45, 2.75) is 31.3 Å². The number of piperazine rings is 1. The summed E-state index contributed by atoms with van der Waals surface area (Å²) in [7, 11) is 1.60. The Balaban J connectivity index is 1.43. The minimum absolute atomic E-state index is 0.00162. The van der Waals surface area contributed by atoms with Crippen molar-refractivity contribution in [3.8, 4) is 17.2 Å². The third-order valence-corrected chi connectivity index (χ3v) is 7.74. The van der Waals surface area contributed by atoms with E-state index in [9.17, 15) is 9.59 Å². The zero-order valence-electron chi connectivity index (χ0n) is 21.5. The second-order valence-corrected chi connectivity index (χ2v) is 9.98. The van der Waals surface area contributed by atoms with Crippen molar-refractivity contribution in [3.05, 3.63) is 95.1 Å². The van der Waals surface area contributed by atoms with Crippen molar-refractivity contribution in [1.82, 2.24) is 9.80 Å². The summed E-state index contributed by atoms with van der Waals surface area (Å²) in [5, 5.41) is 0. The Bertz CT molecular complexity index is 1390. The summed E-state index contributed by atoms with van der Waals surface area (Å²) in [5.41, 5.74) is 3.70. The molecule has 0 aromatic heterocycles. The number of ether oxygens (including phenoxy) is 3. The van der Waals surface area contributed by atoms with E-state index >= 15 is 0 Å². The molecule has 2 fully saturated rings. The SMILES string of the molecule is COc1cc(C2C(=Cc3ccccc3)C(=O)N3CC(Cc4ccccc4)N(C(C)=O)CC23)cc2c1OCO2. The average Bonchev–Trinajstić information content (AvgIpc) is 3.51. The zero-order chi connectivity index (χ0) is 26.2. The molecule has 2 saturated heterocycles. The number of amides is 2. The highest BCUT2D eigenvalue weighted by atomic mass is 16.7. The molecule has 0 aliphatic carbocycles. The summed E-state index contributed by atoms with van der Waals surface area (Å²) in [4.78, 5) is 30.8. The van der Waals surface area contributed by atoms with Gasteiger partial charge in [-0.05, 0) is 41.3 Å². The van der Waals surface area contributed by atoms with Gasteiger partial charge in [0.2, 0.25) is 18.4 Å². The number of hydrogen-bond acceptors (Lipinski definition) is 5. The van der Waals surface area contributed by atoms with Crippen LogP contribution in [0.2, 0.25) is 0 Å². The van der Waals surface area contributed by atoms with E-state index in [0.29, 0.717) is 42.3 Å². The van der Waals surface area contributed by atoms with Crippen LogP contribution < -0.4 is 14.2 Å². The maximum Gasteiger partial charge on any atom is 0.250 e. The number of nitrogens with zero attached hydrogens (tertiary/aromatic N) is 2. The number of hydrogen-bond donors (Lipinski definition) is 0. The van der Waals surface area contributed by atoms with Crippen LogP contribution in [-0.4, -0.2) is 60.7 Å². The molecule has 7 nitrogen and oxygen atoms in total. The molecule has 194 valence electrons. The van der Waals surface area contributed by atoms with Crippen LogP contribution >= 0.6 is 0 Å². The molecule has 7 heteroatoms. The second-order valence-electron chi connectivity index (χ2n) is 9.98. The summed E-state index contributed by atoms with van der Waals surface area (Å²) < 4.78 is 17.0. The third-order valence-electron chi connectivity index (χ3n) is 7.74. The number of rotatable bonds is 5. The van der Waals surface area contributed by atoms with E-state index in [1.807, 2.05) is 76.5 Å². The van der Waals surface area contributed by atoms with Crippen molar-refractivity contribution in [2.75, 3.05) is 27.0 Å². The van der Waals surface area contributed by atoms with Gasteiger partial charge >= 0.3 is 0 Å². The number of carbonyl (C=O) groups is 2. The predicted octanol–water partition coefficient (Wildman–Crippen LogP) is 4.28. The molecule has 3 aromatic carbocycles. The lowest BCUT2D eigenvalue weighted by atomic mass is 9.85. The molecule has 0 radical (unpaired) electrons. The smallest absolute Gasteiger partial charge is 0.250 e. The Labute approximate surface area is 222 Å². The Morgan fingerprint density at radius 2 is 1.76 bits per heavy atom. The largest absolute Gasteiger partial charge is 0.493 e. The lowest BCUT2D eigenvalue weighted by Crippen LogP contribution is -2.59. The summed E-state index contributed by atoms with van der Waals surface area (Å²) in [6.45, 7) is 2.67. The van der Waals surface area contributed by atoms with Gasteiger partial charge < -0.3 is 24.0 Å². The summed E-state index contributed by atoms with van der Waals surface area (Å²) in [5.74, 6) is 1.49. The first-order valence-electron chi connectivity index (χ1n) is 12.9. The van der Waals surface area contributed by atoms with Crippen molar-refractivity contribution < 1.29 is 23.8 Å². The number of fused-ring (bicyclic) bond motifs is 2. The van der Waals surface area contributed by atoms with E-state index in [-0.39, 0.29) is 36.6 Å². The van der Waals surface area contributed by atoms with Gasteiger partial charge in [-0.25, -0.2) is 0 Å². The highest BCUT2D eigenvalue weighted by molar-refractivity contribution is 6.03. The van der Waals surface area contributed by atoms with E-state index in [2.05, 4.69) is 12.1 Å². The maximum atomic E-state index is 14.1. The molecule has 0 bridgehead atoms. The van der Waals surface area contributed by atoms with Gasteiger partial charge in [-0.3, -0.25) is 9.59 Å². The van der Waals surface area contributed by atoms with E-state index in [4.69, 9.17) is 14.2 Å². The molecule has 3 aliphatic rings. The fourth-order valence-corrected chi connectivity index (χ4v) is 5.99. The number of methoxy groups -OCH3 is 1. The first kappa shape index (κ1) is 24.1. The van der Waals surface area contributed by atoms with Crippen LogP contribution in [0.15, 0.2) is 78.4 Å².